The van der Waals surface area contributed by atoms with Gasteiger partial charge in [-0.2, -0.15) is 0 Å². The first-order valence-electron chi connectivity index (χ1n) is 11.2. The molecule has 0 aliphatic rings. The van der Waals surface area contributed by atoms with E-state index in [9.17, 15) is 9.67 Å². The van der Waals surface area contributed by atoms with Crippen LogP contribution in [0.25, 0.3) is 0 Å². The van der Waals surface area contributed by atoms with E-state index in [0.717, 1.165) is 6.42 Å². The van der Waals surface area contributed by atoms with Crippen LogP contribution in [0, 0.1) is 0 Å². The van der Waals surface area contributed by atoms with Gasteiger partial charge in [0.15, 0.2) is 0 Å². The van der Waals surface area contributed by atoms with Gasteiger partial charge >= 0.3 is 0 Å². The Balaban J connectivity index is 3.11. The standard InChI is InChI=1S/C22H47O2P/c1-4-5-6-7-8-9-10-11-12-13-14-15-16-17-18-19-20-21-22(23)25(2,3)24/h22-23H,4-21H2,1-3H3. The van der Waals surface area contributed by atoms with Crippen LogP contribution in [0.15, 0.2) is 0 Å². The molecule has 0 aromatic rings. The lowest BCUT2D eigenvalue weighted by atomic mass is 10.0. The zero-order chi connectivity index (χ0) is 18.8. The number of aliphatic hydroxyl groups is 1. The summed E-state index contributed by atoms with van der Waals surface area (Å²) in [6.45, 7) is 5.65. The van der Waals surface area contributed by atoms with E-state index in [0.29, 0.717) is 6.42 Å². The van der Waals surface area contributed by atoms with E-state index in [-0.39, 0.29) is 0 Å². The van der Waals surface area contributed by atoms with Gasteiger partial charge < -0.3 is 9.67 Å². The molecule has 0 radical (unpaired) electrons. The number of hydrogen-bond acceptors (Lipinski definition) is 2. The average Bonchev–Trinajstić information content (AvgIpc) is 2.56. The molecule has 0 spiro atoms. The SMILES string of the molecule is CCCCCCCCCCCCCCCCCCCC(O)P(C)(C)=O. The van der Waals surface area contributed by atoms with Crippen LogP contribution in [0.1, 0.15) is 122 Å². The molecule has 0 aromatic carbocycles. The topological polar surface area (TPSA) is 37.3 Å². The summed E-state index contributed by atoms with van der Waals surface area (Å²) in [6, 6.07) is 0. The fourth-order valence-corrected chi connectivity index (χ4v) is 4.17. The molecule has 0 fully saturated rings. The fourth-order valence-electron chi connectivity index (χ4n) is 3.36. The number of aliphatic hydroxyl groups excluding tert-OH is 1. The van der Waals surface area contributed by atoms with Gasteiger partial charge in [-0.25, -0.2) is 0 Å². The third-order valence-electron chi connectivity index (χ3n) is 5.28. The average molecular weight is 375 g/mol. The van der Waals surface area contributed by atoms with E-state index in [4.69, 9.17) is 0 Å². The highest BCUT2D eigenvalue weighted by Gasteiger charge is 2.18. The van der Waals surface area contributed by atoms with Crippen molar-refractivity contribution in [3.05, 3.63) is 0 Å². The smallest absolute Gasteiger partial charge is 0.109 e. The number of hydrogen-bond donors (Lipinski definition) is 1. The van der Waals surface area contributed by atoms with E-state index in [1.165, 1.54) is 103 Å². The van der Waals surface area contributed by atoms with E-state index in [1.54, 1.807) is 13.3 Å². The Kier molecular flexibility index (Phi) is 17.7. The summed E-state index contributed by atoms with van der Waals surface area (Å²) in [7, 11) is -2.29. The highest BCUT2D eigenvalue weighted by atomic mass is 31.2. The summed E-state index contributed by atoms with van der Waals surface area (Å²) in [4.78, 5) is 0. The van der Waals surface area contributed by atoms with Crippen molar-refractivity contribution in [2.75, 3.05) is 13.3 Å². The summed E-state index contributed by atoms with van der Waals surface area (Å²) in [5, 5.41) is 9.75. The Morgan fingerprint density at radius 1 is 0.600 bits per heavy atom. The predicted molar refractivity (Wildman–Crippen MR) is 114 cm³/mol. The molecule has 0 rings (SSSR count). The van der Waals surface area contributed by atoms with Crippen molar-refractivity contribution in [2.24, 2.45) is 0 Å². The van der Waals surface area contributed by atoms with Crippen LogP contribution >= 0.6 is 7.14 Å². The van der Waals surface area contributed by atoms with Crippen LogP contribution in [-0.2, 0) is 4.57 Å². The van der Waals surface area contributed by atoms with Crippen molar-refractivity contribution in [3.63, 3.8) is 0 Å². The highest BCUT2D eigenvalue weighted by Crippen LogP contribution is 2.43. The molecule has 0 aliphatic heterocycles. The first-order valence-corrected chi connectivity index (χ1v) is 13.9. The van der Waals surface area contributed by atoms with Gasteiger partial charge in [0.2, 0.25) is 0 Å². The summed E-state index contributed by atoms with van der Waals surface area (Å²) in [5.41, 5.74) is 0. The van der Waals surface area contributed by atoms with Gasteiger partial charge in [-0.15, -0.1) is 0 Å². The lowest BCUT2D eigenvalue weighted by Crippen LogP contribution is -2.05. The summed E-state index contributed by atoms with van der Waals surface area (Å²) in [6.07, 6.45) is 23.9. The van der Waals surface area contributed by atoms with Crippen LogP contribution in [-0.4, -0.2) is 24.3 Å². The van der Waals surface area contributed by atoms with Gasteiger partial charge in [0.05, 0.1) is 0 Å². The van der Waals surface area contributed by atoms with Gasteiger partial charge in [0.25, 0.3) is 0 Å². The largest absolute Gasteiger partial charge is 0.385 e. The van der Waals surface area contributed by atoms with Crippen molar-refractivity contribution in [1.82, 2.24) is 0 Å². The summed E-state index contributed by atoms with van der Waals surface area (Å²) < 4.78 is 11.7. The number of unbranched alkanes of at least 4 members (excludes halogenated alkanes) is 16. The second-order valence-corrected chi connectivity index (χ2v) is 11.8. The van der Waals surface area contributed by atoms with Gasteiger partial charge in [0.1, 0.15) is 13.0 Å². The van der Waals surface area contributed by atoms with E-state index in [1.807, 2.05) is 0 Å². The molecule has 0 saturated carbocycles. The first kappa shape index (κ1) is 25.2. The third kappa shape index (κ3) is 18.8. The third-order valence-corrected chi connectivity index (χ3v) is 6.98. The molecule has 0 heterocycles. The molecule has 152 valence electrons. The molecule has 1 N–H and O–H groups in total. The maximum atomic E-state index is 11.7. The molecule has 1 unspecified atom stereocenters. The minimum Gasteiger partial charge on any atom is -0.385 e. The van der Waals surface area contributed by atoms with Crippen LogP contribution in [0.3, 0.4) is 0 Å². The zero-order valence-electron chi connectivity index (χ0n) is 17.6. The maximum Gasteiger partial charge on any atom is 0.109 e. The first-order chi connectivity index (χ1) is 12.0. The molecule has 0 aromatic heterocycles. The van der Waals surface area contributed by atoms with E-state index in [2.05, 4.69) is 6.92 Å². The molecule has 2 nitrogen and oxygen atoms in total. The number of rotatable bonds is 19. The Morgan fingerprint density at radius 2 is 0.880 bits per heavy atom. The predicted octanol–water partition coefficient (Wildman–Crippen LogP) is 7.97. The lowest BCUT2D eigenvalue weighted by Gasteiger charge is -2.14. The maximum absolute atomic E-state index is 11.7. The van der Waals surface area contributed by atoms with Gasteiger partial charge in [-0.05, 0) is 19.8 Å². The Hall–Kier alpha value is 0.190. The molecule has 0 amide bonds. The van der Waals surface area contributed by atoms with Crippen LogP contribution < -0.4 is 0 Å². The van der Waals surface area contributed by atoms with Crippen molar-refractivity contribution in [1.29, 1.82) is 0 Å². The molecule has 25 heavy (non-hydrogen) atoms. The summed E-state index contributed by atoms with van der Waals surface area (Å²) in [5.74, 6) is -0.580. The molecular formula is C22H47O2P. The Bertz CT molecular complexity index is 311. The quantitative estimate of drug-likeness (QED) is 0.184. The minimum absolute atomic E-state index is 0.580. The highest BCUT2D eigenvalue weighted by molar-refractivity contribution is 7.62. The van der Waals surface area contributed by atoms with Gasteiger partial charge in [0, 0.05) is 0 Å². The molecule has 0 saturated heterocycles. The Morgan fingerprint density at radius 3 is 1.16 bits per heavy atom. The normalized spacial score (nSPS) is 13.3. The molecule has 0 aliphatic carbocycles. The molecule has 3 heteroatoms. The second-order valence-electron chi connectivity index (χ2n) is 8.36. The van der Waals surface area contributed by atoms with Crippen LogP contribution in [0.2, 0.25) is 0 Å². The van der Waals surface area contributed by atoms with Crippen LogP contribution in [0.5, 0.6) is 0 Å². The fraction of sp³-hybridized carbons (Fsp3) is 1.00. The monoisotopic (exact) mass is 374 g/mol. The van der Waals surface area contributed by atoms with Crippen molar-refractivity contribution < 1.29 is 9.67 Å². The summed E-state index contributed by atoms with van der Waals surface area (Å²) >= 11 is 0. The van der Waals surface area contributed by atoms with Gasteiger partial charge in [-0.3, -0.25) is 0 Å². The van der Waals surface area contributed by atoms with E-state index < -0.39 is 13.0 Å². The molecule has 0 bridgehead atoms. The Labute approximate surface area is 158 Å². The minimum atomic E-state index is -2.29. The van der Waals surface area contributed by atoms with Crippen LogP contribution in [0.4, 0.5) is 0 Å². The van der Waals surface area contributed by atoms with E-state index >= 15 is 0 Å². The molecular weight excluding hydrogens is 327 g/mol. The lowest BCUT2D eigenvalue weighted by molar-refractivity contribution is 0.233. The van der Waals surface area contributed by atoms with Crippen molar-refractivity contribution in [3.8, 4) is 0 Å². The van der Waals surface area contributed by atoms with Crippen molar-refractivity contribution in [2.45, 2.75) is 128 Å². The van der Waals surface area contributed by atoms with Crippen molar-refractivity contribution >= 4 is 7.14 Å². The van der Waals surface area contributed by atoms with Gasteiger partial charge in [-0.1, -0.05) is 116 Å². The molecule has 1 atom stereocenters. The second kappa shape index (κ2) is 17.6. The zero-order valence-corrected chi connectivity index (χ0v) is 18.5.